The first kappa shape index (κ1) is 24.6. The van der Waals surface area contributed by atoms with Crippen molar-refractivity contribution in [2.24, 2.45) is 0 Å². The molecule has 194 valence electrons. The number of benzene rings is 1. The van der Waals surface area contributed by atoms with Crippen LogP contribution in [-0.2, 0) is 20.9 Å². The van der Waals surface area contributed by atoms with Gasteiger partial charge in [-0.25, -0.2) is 0 Å². The Kier molecular flexibility index (Phi) is 6.50. The maximum Gasteiger partial charge on any atom is 0.264 e. The lowest BCUT2D eigenvalue weighted by Gasteiger charge is -2.32. The zero-order valence-electron chi connectivity index (χ0n) is 20.3. The summed E-state index contributed by atoms with van der Waals surface area (Å²) in [7, 11) is 0. The van der Waals surface area contributed by atoms with E-state index in [0.29, 0.717) is 25.3 Å². The van der Waals surface area contributed by atoms with Gasteiger partial charge in [0.25, 0.3) is 17.7 Å². The fourth-order valence-electron chi connectivity index (χ4n) is 5.14. The fourth-order valence-corrected chi connectivity index (χ4v) is 5.14. The molecule has 0 spiro atoms. The van der Waals surface area contributed by atoms with Crippen LogP contribution in [0.3, 0.4) is 0 Å². The van der Waals surface area contributed by atoms with Crippen LogP contribution in [0.4, 0.5) is 5.69 Å². The van der Waals surface area contributed by atoms with Gasteiger partial charge >= 0.3 is 0 Å². The number of nitrogens with one attached hydrogen (secondary N) is 2. The van der Waals surface area contributed by atoms with Crippen molar-refractivity contribution >= 4 is 35.2 Å². The van der Waals surface area contributed by atoms with Crippen molar-refractivity contribution in [3.8, 4) is 0 Å². The van der Waals surface area contributed by atoms with Crippen molar-refractivity contribution in [1.29, 1.82) is 0 Å². The Labute approximate surface area is 212 Å². The van der Waals surface area contributed by atoms with Crippen molar-refractivity contribution in [3.05, 3.63) is 47.3 Å². The average molecular weight is 509 g/mol. The Morgan fingerprint density at radius 1 is 1.16 bits per heavy atom. The third kappa shape index (κ3) is 4.59. The molecule has 2 aromatic rings. The number of aliphatic hydroxyl groups excluding tert-OH is 1. The molecular weight excluding hydrogens is 480 g/mol. The van der Waals surface area contributed by atoms with Crippen LogP contribution in [0.5, 0.6) is 0 Å². The summed E-state index contributed by atoms with van der Waals surface area (Å²) in [4.78, 5) is 64.6. The van der Waals surface area contributed by atoms with E-state index in [4.69, 9.17) is 0 Å². The van der Waals surface area contributed by atoms with Gasteiger partial charge in [-0.2, -0.15) is 5.10 Å². The maximum absolute atomic E-state index is 13.2. The van der Waals surface area contributed by atoms with E-state index < -0.39 is 35.8 Å². The van der Waals surface area contributed by atoms with E-state index in [1.54, 1.807) is 29.3 Å². The van der Waals surface area contributed by atoms with Gasteiger partial charge < -0.3 is 15.3 Å². The summed E-state index contributed by atoms with van der Waals surface area (Å²) in [5.41, 5.74) is 1.77. The van der Waals surface area contributed by atoms with Crippen molar-refractivity contribution in [3.63, 3.8) is 0 Å². The molecule has 0 bridgehead atoms. The van der Waals surface area contributed by atoms with Crippen LogP contribution in [0.25, 0.3) is 0 Å². The van der Waals surface area contributed by atoms with Crippen LogP contribution < -0.4 is 10.6 Å². The van der Waals surface area contributed by atoms with Gasteiger partial charge in [-0.05, 0) is 38.3 Å². The number of anilines is 1. The minimum absolute atomic E-state index is 0.0643. The van der Waals surface area contributed by atoms with Gasteiger partial charge in [-0.1, -0.05) is 6.07 Å². The monoisotopic (exact) mass is 508 g/mol. The summed E-state index contributed by atoms with van der Waals surface area (Å²) in [6, 6.07) is 4.05. The van der Waals surface area contributed by atoms with E-state index in [-0.39, 0.29) is 35.9 Å². The van der Waals surface area contributed by atoms with Crippen molar-refractivity contribution in [2.75, 3.05) is 18.4 Å². The second-order valence-corrected chi connectivity index (χ2v) is 9.59. The molecule has 4 heterocycles. The molecule has 12 heteroatoms. The number of aliphatic hydroxyl groups is 1. The van der Waals surface area contributed by atoms with Crippen LogP contribution >= 0.6 is 0 Å². The second-order valence-electron chi connectivity index (χ2n) is 9.59. The zero-order chi connectivity index (χ0) is 26.3. The van der Waals surface area contributed by atoms with Gasteiger partial charge in [0, 0.05) is 43.5 Å². The van der Waals surface area contributed by atoms with Gasteiger partial charge in [0.05, 0.1) is 23.4 Å². The van der Waals surface area contributed by atoms with Crippen molar-refractivity contribution < 1.29 is 29.1 Å². The molecule has 0 aliphatic carbocycles. The summed E-state index contributed by atoms with van der Waals surface area (Å²) < 4.78 is 1.87. The molecular formula is C25H28N6O6. The lowest BCUT2D eigenvalue weighted by Crippen LogP contribution is -2.54. The third-order valence-corrected chi connectivity index (χ3v) is 7.11. The molecule has 5 amide bonds. The lowest BCUT2D eigenvalue weighted by atomic mass is 10.0. The molecule has 1 aromatic carbocycles. The zero-order valence-corrected chi connectivity index (χ0v) is 20.3. The summed E-state index contributed by atoms with van der Waals surface area (Å²) in [5.74, 6) is -2.44. The molecule has 3 N–H and O–H groups in total. The van der Waals surface area contributed by atoms with E-state index in [2.05, 4.69) is 15.7 Å². The minimum atomic E-state index is -1.02. The predicted molar refractivity (Wildman–Crippen MR) is 129 cm³/mol. The molecule has 2 fully saturated rings. The van der Waals surface area contributed by atoms with Crippen molar-refractivity contribution in [1.82, 2.24) is 24.9 Å². The Morgan fingerprint density at radius 3 is 2.62 bits per heavy atom. The van der Waals surface area contributed by atoms with Crippen LogP contribution in [0.15, 0.2) is 30.6 Å². The number of carbonyl (C=O) groups is 5. The summed E-state index contributed by atoms with van der Waals surface area (Å²) in [6.45, 7) is 2.94. The molecule has 2 atom stereocenters. The molecule has 0 saturated carbocycles. The first-order chi connectivity index (χ1) is 17.7. The maximum atomic E-state index is 13.2. The van der Waals surface area contributed by atoms with Gasteiger partial charge in [0.15, 0.2) is 0 Å². The van der Waals surface area contributed by atoms with E-state index in [1.807, 2.05) is 10.9 Å². The number of fused-ring (bicyclic) bond motifs is 1. The quantitative estimate of drug-likeness (QED) is 0.475. The smallest absolute Gasteiger partial charge is 0.264 e. The number of nitrogens with zero attached hydrogens (tertiary/aromatic N) is 4. The summed E-state index contributed by atoms with van der Waals surface area (Å²) in [5, 5.41) is 19.4. The SMILES string of the molecule is C[C@H](O)C(=O)N1CCC(n2cc(CNc3cccc4c3C(=O)N(C3CCC(=O)NC3=O)C4=O)cn2)CC1. The number of likely N-dealkylation sites (tertiary alicyclic amines) is 1. The minimum Gasteiger partial charge on any atom is -0.384 e. The summed E-state index contributed by atoms with van der Waals surface area (Å²) >= 11 is 0. The molecule has 3 aliphatic heterocycles. The molecule has 1 aromatic heterocycles. The highest BCUT2D eigenvalue weighted by molar-refractivity contribution is 6.25. The van der Waals surface area contributed by atoms with E-state index >= 15 is 0 Å². The summed E-state index contributed by atoms with van der Waals surface area (Å²) in [6.07, 6.45) is 4.26. The number of hydrogen-bond donors (Lipinski definition) is 3. The Bertz CT molecular complexity index is 1280. The first-order valence-electron chi connectivity index (χ1n) is 12.3. The number of hydrogen-bond acceptors (Lipinski definition) is 8. The Balaban J connectivity index is 1.24. The van der Waals surface area contributed by atoms with Crippen LogP contribution in [-0.4, -0.2) is 79.5 Å². The molecule has 5 rings (SSSR count). The second kappa shape index (κ2) is 9.77. The number of carbonyl (C=O) groups excluding carboxylic acids is 5. The fraction of sp³-hybridized carbons (Fsp3) is 0.440. The third-order valence-electron chi connectivity index (χ3n) is 7.11. The molecule has 1 unspecified atom stereocenters. The number of rotatable bonds is 6. The lowest BCUT2D eigenvalue weighted by molar-refractivity contribution is -0.140. The van der Waals surface area contributed by atoms with Crippen LogP contribution in [0, 0.1) is 0 Å². The molecule has 37 heavy (non-hydrogen) atoms. The van der Waals surface area contributed by atoms with Gasteiger partial charge in [0.1, 0.15) is 12.1 Å². The largest absolute Gasteiger partial charge is 0.384 e. The molecule has 3 aliphatic rings. The average Bonchev–Trinajstić information content (AvgIpc) is 3.46. The van der Waals surface area contributed by atoms with Crippen LogP contribution in [0.2, 0.25) is 0 Å². The number of amides is 5. The number of aromatic nitrogens is 2. The van der Waals surface area contributed by atoms with Gasteiger partial charge in [0.2, 0.25) is 11.8 Å². The van der Waals surface area contributed by atoms with E-state index in [1.165, 1.54) is 6.92 Å². The van der Waals surface area contributed by atoms with E-state index in [9.17, 15) is 29.1 Å². The highest BCUT2D eigenvalue weighted by Crippen LogP contribution is 2.32. The van der Waals surface area contributed by atoms with Crippen LogP contribution in [0.1, 0.15) is 64.9 Å². The molecule has 2 saturated heterocycles. The van der Waals surface area contributed by atoms with Gasteiger partial charge in [-0.3, -0.25) is 38.9 Å². The molecule has 12 nitrogen and oxygen atoms in total. The first-order valence-corrected chi connectivity index (χ1v) is 12.3. The standard InChI is InChI=1S/C25H28N6O6/c1-14(32)23(35)29-9-7-16(8-10-29)30-13-15(12-27-30)11-26-18-4-2-3-17-21(18)25(37)31(24(17)36)19-5-6-20(33)28-22(19)34/h2-4,12-14,16,19,26,32H,5-11H2,1H3,(H,28,33,34)/t14-,19?/m0/s1. The normalized spacial score (nSPS) is 21.2. The topological polar surface area (TPSA) is 154 Å². The van der Waals surface area contributed by atoms with Gasteiger partial charge in [-0.15, -0.1) is 0 Å². The number of piperidine rings is 2. The highest BCUT2D eigenvalue weighted by atomic mass is 16.3. The predicted octanol–water partition coefficient (Wildman–Crippen LogP) is 0.441. The molecule has 0 radical (unpaired) electrons. The Morgan fingerprint density at radius 2 is 1.92 bits per heavy atom. The van der Waals surface area contributed by atoms with E-state index in [0.717, 1.165) is 23.3 Å². The van der Waals surface area contributed by atoms with Crippen molar-refractivity contribution in [2.45, 2.75) is 57.3 Å². The highest BCUT2D eigenvalue weighted by Gasteiger charge is 2.45. The number of imide groups is 2. The Hall–Kier alpha value is -4.06.